The summed E-state index contributed by atoms with van der Waals surface area (Å²) in [4.78, 5) is 0. The molecule has 0 spiro atoms. The summed E-state index contributed by atoms with van der Waals surface area (Å²) in [6, 6.07) is 3.66. The van der Waals surface area contributed by atoms with E-state index in [1.807, 2.05) is 12.1 Å². The number of nitrogens with zero attached hydrogens (tertiary/aromatic N) is 1. The van der Waals surface area contributed by atoms with Gasteiger partial charge in [-0.25, -0.2) is 0 Å². The number of aromatic nitrogens is 2. The van der Waals surface area contributed by atoms with Crippen LogP contribution < -0.4 is 19.5 Å². The second-order valence-electron chi connectivity index (χ2n) is 3.85. The average Bonchev–Trinajstić information content (AvgIpc) is 2.97. The first kappa shape index (κ1) is 13.1. The van der Waals surface area contributed by atoms with Crippen molar-refractivity contribution < 1.29 is 14.2 Å². The van der Waals surface area contributed by atoms with Gasteiger partial charge in [0.25, 0.3) is 0 Å². The highest BCUT2D eigenvalue weighted by atomic mass is 16.5. The number of nitrogens with one attached hydrogen (secondary N) is 2. The Kier molecular flexibility index (Phi) is 4.12. The van der Waals surface area contributed by atoms with Gasteiger partial charge in [-0.1, -0.05) is 0 Å². The van der Waals surface area contributed by atoms with Gasteiger partial charge in [-0.15, -0.1) is 0 Å². The van der Waals surface area contributed by atoms with Gasteiger partial charge in [0.1, 0.15) is 17.2 Å². The molecule has 0 amide bonds. The molecule has 102 valence electrons. The summed E-state index contributed by atoms with van der Waals surface area (Å²) in [5.74, 6) is 2.13. The van der Waals surface area contributed by atoms with Crippen LogP contribution in [0, 0.1) is 0 Å². The molecule has 1 heterocycles. The molecule has 0 saturated carbocycles. The van der Waals surface area contributed by atoms with Gasteiger partial charge in [-0.05, 0) is 0 Å². The lowest BCUT2D eigenvalue weighted by atomic mass is 10.1. The molecule has 0 radical (unpaired) electrons. The van der Waals surface area contributed by atoms with Crippen molar-refractivity contribution in [1.82, 2.24) is 10.2 Å². The minimum absolute atomic E-state index is 0.565. The Labute approximate surface area is 111 Å². The standard InChI is InChI=1S/C13H17N3O3/c1-17-10-4-12(18-2)11(13(5-10)19-3)8-14-9-6-15-16-7-9/h4-7,14H,8H2,1-3H3,(H,15,16). The maximum absolute atomic E-state index is 5.38. The third-order valence-electron chi connectivity index (χ3n) is 2.78. The lowest BCUT2D eigenvalue weighted by molar-refractivity contribution is 0.369. The number of benzene rings is 1. The number of anilines is 1. The number of hydrogen-bond donors (Lipinski definition) is 2. The van der Waals surface area contributed by atoms with E-state index in [1.54, 1.807) is 33.7 Å². The van der Waals surface area contributed by atoms with E-state index in [0.29, 0.717) is 23.8 Å². The second-order valence-corrected chi connectivity index (χ2v) is 3.85. The van der Waals surface area contributed by atoms with Crippen LogP contribution in [-0.2, 0) is 6.54 Å². The Morgan fingerprint density at radius 2 is 1.79 bits per heavy atom. The fourth-order valence-electron chi connectivity index (χ4n) is 1.79. The third-order valence-corrected chi connectivity index (χ3v) is 2.78. The van der Waals surface area contributed by atoms with E-state index in [9.17, 15) is 0 Å². The Hall–Kier alpha value is -2.37. The SMILES string of the molecule is COc1cc(OC)c(CNc2cn[nH]c2)c(OC)c1. The van der Waals surface area contributed by atoms with E-state index >= 15 is 0 Å². The van der Waals surface area contributed by atoms with Gasteiger partial charge in [-0.2, -0.15) is 5.10 Å². The minimum Gasteiger partial charge on any atom is -0.496 e. The zero-order valence-corrected chi connectivity index (χ0v) is 11.2. The summed E-state index contributed by atoms with van der Waals surface area (Å²) >= 11 is 0. The van der Waals surface area contributed by atoms with Crippen molar-refractivity contribution in [2.75, 3.05) is 26.6 Å². The first-order chi connectivity index (χ1) is 9.28. The lowest BCUT2D eigenvalue weighted by Gasteiger charge is -2.15. The number of ether oxygens (including phenoxy) is 3. The molecule has 0 aliphatic heterocycles. The summed E-state index contributed by atoms with van der Waals surface area (Å²) in [6.45, 7) is 0.565. The van der Waals surface area contributed by atoms with Crippen LogP contribution in [-0.4, -0.2) is 31.5 Å². The second kappa shape index (κ2) is 5.99. The summed E-state index contributed by atoms with van der Waals surface area (Å²) < 4.78 is 16.0. The maximum Gasteiger partial charge on any atom is 0.131 e. The van der Waals surface area contributed by atoms with Crippen LogP contribution in [0.3, 0.4) is 0 Å². The molecule has 0 aliphatic rings. The van der Waals surface area contributed by atoms with Crippen LogP contribution in [0.2, 0.25) is 0 Å². The van der Waals surface area contributed by atoms with E-state index in [-0.39, 0.29) is 0 Å². The van der Waals surface area contributed by atoms with Crippen molar-refractivity contribution in [3.63, 3.8) is 0 Å². The van der Waals surface area contributed by atoms with Gasteiger partial charge in [0.05, 0.1) is 38.8 Å². The van der Waals surface area contributed by atoms with Crippen molar-refractivity contribution in [3.8, 4) is 17.2 Å². The smallest absolute Gasteiger partial charge is 0.131 e. The largest absolute Gasteiger partial charge is 0.496 e. The molecule has 6 nitrogen and oxygen atoms in total. The van der Waals surface area contributed by atoms with Crippen LogP contribution in [0.15, 0.2) is 24.5 Å². The third kappa shape index (κ3) is 2.90. The minimum atomic E-state index is 0.565. The number of H-pyrrole nitrogens is 1. The molecule has 6 heteroatoms. The molecule has 0 atom stereocenters. The number of hydrogen-bond acceptors (Lipinski definition) is 5. The maximum atomic E-state index is 5.38. The van der Waals surface area contributed by atoms with Crippen LogP contribution in [0.1, 0.15) is 5.56 Å². The predicted octanol–water partition coefficient (Wildman–Crippen LogP) is 2.05. The van der Waals surface area contributed by atoms with Gasteiger partial charge >= 0.3 is 0 Å². The topological polar surface area (TPSA) is 68.4 Å². The zero-order chi connectivity index (χ0) is 13.7. The molecule has 0 saturated heterocycles. The van der Waals surface area contributed by atoms with E-state index in [2.05, 4.69) is 15.5 Å². The molecule has 0 unspecified atom stereocenters. The number of methoxy groups -OCH3 is 3. The molecular weight excluding hydrogens is 246 g/mol. The van der Waals surface area contributed by atoms with E-state index in [1.165, 1.54) is 0 Å². The summed E-state index contributed by atoms with van der Waals surface area (Å²) in [7, 11) is 4.85. The van der Waals surface area contributed by atoms with Crippen molar-refractivity contribution in [2.24, 2.45) is 0 Å². The molecule has 2 aromatic rings. The molecular formula is C13H17N3O3. The zero-order valence-electron chi connectivity index (χ0n) is 11.2. The molecule has 0 bridgehead atoms. The molecule has 1 aromatic carbocycles. The Morgan fingerprint density at radius 1 is 1.11 bits per heavy atom. The number of aromatic amines is 1. The van der Waals surface area contributed by atoms with Crippen molar-refractivity contribution in [2.45, 2.75) is 6.54 Å². The van der Waals surface area contributed by atoms with Gasteiger partial charge in [0, 0.05) is 24.9 Å². The fraction of sp³-hybridized carbons (Fsp3) is 0.308. The highest BCUT2D eigenvalue weighted by Crippen LogP contribution is 2.34. The normalized spacial score (nSPS) is 10.1. The van der Waals surface area contributed by atoms with Crippen molar-refractivity contribution >= 4 is 5.69 Å². The molecule has 1 aromatic heterocycles. The first-order valence-corrected chi connectivity index (χ1v) is 5.80. The molecule has 19 heavy (non-hydrogen) atoms. The molecule has 0 aliphatic carbocycles. The van der Waals surface area contributed by atoms with Crippen LogP contribution in [0.4, 0.5) is 5.69 Å². The van der Waals surface area contributed by atoms with E-state index in [4.69, 9.17) is 14.2 Å². The predicted molar refractivity (Wildman–Crippen MR) is 72.0 cm³/mol. The molecule has 2 rings (SSSR count). The van der Waals surface area contributed by atoms with Gasteiger partial charge in [0.15, 0.2) is 0 Å². The molecule has 0 fully saturated rings. The summed E-state index contributed by atoms with van der Waals surface area (Å²) in [6.07, 6.45) is 3.49. The van der Waals surface area contributed by atoms with Crippen molar-refractivity contribution in [1.29, 1.82) is 0 Å². The number of rotatable bonds is 6. The van der Waals surface area contributed by atoms with E-state index < -0.39 is 0 Å². The van der Waals surface area contributed by atoms with Crippen molar-refractivity contribution in [3.05, 3.63) is 30.1 Å². The summed E-state index contributed by atoms with van der Waals surface area (Å²) in [5, 5.41) is 9.86. The monoisotopic (exact) mass is 263 g/mol. The highest BCUT2D eigenvalue weighted by molar-refractivity contribution is 5.52. The van der Waals surface area contributed by atoms with Gasteiger partial charge in [-0.3, -0.25) is 5.10 Å². The Morgan fingerprint density at radius 3 is 2.26 bits per heavy atom. The van der Waals surface area contributed by atoms with Crippen LogP contribution in [0.25, 0.3) is 0 Å². The fourth-order valence-corrected chi connectivity index (χ4v) is 1.79. The summed E-state index contributed by atoms with van der Waals surface area (Å²) in [5.41, 5.74) is 1.83. The lowest BCUT2D eigenvalue weighted by Crippen LogP contribution is -2.04. The van der Waals surface area contributed by atoms with Gasteiger partial charge < -0.3 is 19.5 Å². The van der Waals surface area contributed by atoms with Crippen LogP contribution >= 0.6 is 0 Å². The average molecular weight is 263 g/mol. The first-order valence-electron chi connectivity index (χ1n) is 5.80. The van der Waals surface area contributed by atoms with Gasteiger partial charge in [0.2, 0.25) is 0 Å². The quantitative estimate of drug-likeness (QED) is 0.834. The highest BCUT2D eigenvalue weighted by Gasteiger charge is 2.13. The Balaban J connectivity index is 2.26. The van der Waals surface area contributed by atoms with E-state index in [0.717, 1.165) is 11.3 Å². The molecule has 2 N–H and O–H groups in total. The van der Waals surface area contributed by atoms with Crippen LogP contribution in [0.5, 0.6) is 17.2 Å². The Bertz CT molecular complexity index is 501.